The molecule has 3 aliphatic carbocycles. The number of phenols is 1. The predicted octanol–water partition coefficient (Wildman–Crippen LogP) is 1.28. The third-order valence-corrected chi connectivity index (χ3v) is 8.74. The summed E-state index contributed by atoms with van der Waals surface area (Å²) in [5, 5.41) is 57.1. The number of phenolic OH excluding ortho intramolecular Hbond substituents is 1. The van der Waals surface area contributed by atoms with Crippen molar-refractivity contribution in [2.45, 2.75) is 43.4 Å². The molecule has 0 heterocycles. The molecule has 10 nitrogen and oxygen atoms in total. The number of ketones is 2. The third-order valence-electron chi connectivity index (χ3n) is 8.74. The van der Waals surface area contributed by atoms with Gasteiger partial charge in [-0.15, -0.1) is 0 Å². The maximum absolute atomic E-state index is 14.1. The van der Waals surface area contributed by atoms with Gasteiger partial charge in [0.05, 0.1) is 23.6 Å². The average Bonchev–Trinajstić information content (AvgIpc) is 2.90. The van der Waals surface area contributed by atoms with E-state index in [1.165, 1.54) is 19.0 Å². The molecular weight excluding hydrogens is 516 g/mol. The highest BCUT2D eigenvalue weighted by Crippen LogP contribution is 2.56. The Hall–Kier alpha value is -3.99. The second kappa shape index (κ2) is 9.58. The monoisotopic (exact) mass is 548 g/mol. The standard InChI is InChI=1S/C30H32N2O8/c1-13-16-12-11-15(10-9-14-7-5-4-6-8-14)23(33)18(16)24(34)19-17(13)25(35)21-22(32(2)3)26(36)20(29(31)39)28(38)30(21,40)27(19)37/h4-8,11-13,17,21-22,25,33-35,38,40H,9-10H2,1-3H3,(H2,31,39)/t13-,17+,21+,22-,25-,30-/m0/s1. The number of nitrogens with zero attached hydrogens (tertiary/aromatic N) is 1. The summed E-state index contributed by atoms with van der Waals surface area (Å²) in [5.74, 6) is -8.87. The van der Waals surface area contributed by atoms with Crippen LogP contribution in [0.5, 0.6) is 5.75 Å². The van der Waals surface area contributed by atoms with Crippen molar-refractivity contribution in [2.24, 2.45) is 17.6 Å². The van der Waals surface area contributed by atoms with Crippen LogP contribution in [0, 0.1) is 11.8 Å². The minimum Gasteiger partial charge on any atom is -0.508 e. The number of fused-ring (bicyclic) bond motifs is 3. The fourth-order valence-corrected chi connectivity index (χ4v) is 6.78. The maximum Gasteiger partial charge on any atom is 0.255 e. The van der Waals surface area contributed by atoms with E-state index in [1.54, 1.807) is 19.1 Å². The summed E-state index contributed by atoms with van der Waals surface area (Å²) in [6, 6.07) is 11.7. The Morgan fingerprint density at radius 3 is 2.27 bits per heavy atom. The van der Waals surface area contributed by atoms with E-state index in [0.717, 1.165) is 5.56 Å². The van der Waals surface area contributed by atoms with Crippen molar-refractivity contribution >= 4 is 23.2 Å². The second-order valence-electron chi connectivity index (χ2n) is 11.1. The summed E-state index contributed by atoms with van der Waals surface area (Å²) in [6.45, 7) is 1.71. The molecule has 10 heteroatoms. The van der Waals surface area contributed by atoms with Gasteiger partial charge in [-0.25, -0.2) is 0 Å². The first-order valence-electron chi connectivity index (χ1n) is 13.1. The van der Waals surface area contributed by atoms with Crippen LogP contribution >= 0.6 is 0 Å². The summed E-state index contributed by atoms with van der Waals surface area (Å²) >= 11 is 0. The second-order valence-corrected chi connectivity index (χ2v) is 11.1. The van der Waals surface area contributed by atoms with Crippen LogP contribution in [0.2, 0.25) is 0 Å². The highest BCUT2D eigenvalue weighted by molar-refractivity contribution is 6.24. The summed E-state index contributed by atoms with van der Waals surface area (Å²) in [5.41, 5.74) is 3.13. The number of aliphatic hydroxyl groups is 4. The first-order valence-corrected chi connectivity index (χ1v) is 13.1. The molecule has 0 bridgehead atoms. The Morgan fingerprint density at radius 1 is 1.02 bits per heavy atom. The normalized spacial score (nSPS) is 29.8. The molecule has 0 radical (unpaired) electrons. The molecule has 1 amide bonds. The highest BCUT2D eigenvalue weighted by Gasteiger charge is 2.68. The predicted molar refractivity (Wildman–Crippen MR) is 144 cm³/mol. The van der Waals surface area contributed by atoms with E-state index in [1.807, 2.05) is 30.3 Å². The van der Waals surface area contributed by atoms with Gasteiger partial charge < -0.3 is 31.3 Å². The number of hydrogen-bond donors (Lipinski definition) is 6. The molecule has 1 fully saturated rings. The number of rotatable bonds is 5. The van der Waals surface area contributed by atoms with E-state index in [2.05, 4.69) is 0 Å². The Kier molecular flexibility index (Phi) is 6.60. The van der Waals surface area contributed by atoms with Crippen LogP contribution in [0.25, 0.3) is 5.76 Å². The summed E-state index contributed by atoms with van der Waals surface area (Å²) in [7, 11) is 2.94. The number of aromatic hydroxyl groups is 1. The van der Waals surface area contributed by atoms with Crippen LogP contribution in [-0.4, -0.2) is 79.7 Å². The number of nitrogens with two attached hydrogens (primary N) is 1. The minimum absolute atomic E-state index is 0.00144. The molecule has 0 spiro atoms. The molecule has 210 valence electrons. The lowest BCUT2D eigenvalue weighted by Gasteiger charge is -2.53. The number of primary amides is 1. The molecule has 6 atom stereocenters. The zero-order chi connectivity index (χ0) is 29.3. The maximum atomic E-state index is 14.1. The van der Waals surface area contributed by atoms with Crippen LogP contribution in [-0.2, 0) is 27.2 Å². The molecule has 0 aliphatic heterocycles. The molecule has 2 aromatic carbocycles. The van der Waals surface area contributed by atoms with Gasteiger partial charge in [-0.2, -0.15) is 0 Å². The summed E-state index contributed by atoms with van der Waals surface area (Å²) in [4.78, 5) is 40.8. The van der Waals surface area contributed by atoms with E-state index in [4.69, 9.17) is 5.73 Å². The fourth-order valence-electron chi connectivity index (χ4n) is 6.78. The number of likely N-dealkylation sites (N-methyl/N-ethyl adjacent to an activating group) is 1. The number of hydrogen-bond acceptors (Lipinski definition) is 9. The van der Waals surface area contributed by atoms with E-state index in [0.29, 0.717) is 24.0 Å². The molecule has 0 unspecified atom stereocenters. The van der Waals surface area contributed by atoms with E-state index < -0.39 is 75.6 Å². The molecule has 0 aromatic heterocycles. The molecule has 1 saturated carbocycles. The first-order chi connectivity index (χ1) is 18.8. The van der Waals surface area contributed by atoms with Gasteiger partial charge in [0.1, 0.15) is 22.8 Å². The van der Waals surface area contributed by atoms with Crippen LogP contribution < -0.4 is 5.73 Å². The average molecular weight is 549 g/mol. The molecule has 0 saturated heterocycles. The number of amides is 1. The van der Waals surface area contributed by atoms with Crippen molar-refractivity contribution in [1.29, 1.82) is 0 Å². The molecule has 3 aliphatic rings. The number of benzene rings is 2. The van der Waals surface area contributed by atoms with Crippen LogP contribution in [0.1, 0.15) is 35.1 Å². The van der Waals surface area contributed by atoms with E-state index in [-0.39, 0.29) is 11.3 Å². The lowest BCUT2D eigenvalue weighted by Crippen LogP contribution is -2.70. The van der Waals surface area contributed by atoms with Crippen molar-refractivity contribution in [3.8, 4) is 5.75 Å². The van der Waals surface area contributed by atoms with E-state index in [9.17, 15) is 39.9 Å². The molecule has 2 aromatic rings. The molecule has 7 N–H and O–H groups in total. The Labute approximate surface area is 230 Å². The number of Topliss-reactive ketones (excluding diaryl/α,β-unsaturated/α-hetero) is 2. The highest BCUT2D eigenvalue weighted by atomic mass is 16.4. The van der Waals surface area contributed by atoms with Gasteiger partial charge in [0.25, 0.3) is 5.91 Å². The van der Waals surface area contributed by atoms with Crippen molar-refractivity contribution < 1.29 is 39.9 Å². The van der Waals surface area contributed by atoms with Crippen molar-refractivity contribution in [2.75, 3.05) is 14.1 Å². The number of carbonyl (C=O) groups is 3. The van der Waals surface area contributed by atoms with Crippen molar-refractivity contribution in [1.82, 2.24) is 4.90 Å². The Bertz CT molecular complexity index is 1490. The van der Waals surface area contributed by atoms with Gasteiger partial charge in [-0.05, 0) is 49.5 Å². The fraction of sp³-hybridized carbons (Fsp3) is 0.367. The SMILES string of the molecule is C[C@H]1c2ccc(CCc3ccccc3)c(O)c2C(O)=C2C(=O)[C@]3(O)C(O)=C(C(N)=O)C(=O)[C@@H](N(C)C)[C@@H]3[C@@H](O)[C@@H]21. The Balaban J connectivity index is 1.68. The largest absolute Gasteiger partial charge is 0.508 e. The molecule has 5 rings (SSSR count). The van der Waals surface area contributed by atoms with Crippen LogP contribution in [0.4, 0.5) is 0 Å². The van der Waals surface area contributed by atoms with E-state index >= 15 is 0 Å². The topological polar surface area (TPSA) is 182 Å². The lowest BCUT2D eigenvalue weighted by molar-refractivity contribution is -0.169. The van der Waals surface area contributed by atoms with Gasteiger partial charge in [0, 0.05) is 11.5 Å². The van der Waals surface area contributed by atoms with Gasteiger partial charge >= 0.3 is 0 Å². The zero-order valence-electron chi connectivity index (χ0n) is 22.3. The minimum atomic E-state index is -2.93. The first kappa shape index (κ1) is 27.6. The summed E-state index contributed by atoms with van der Waals surface area (Å²) in [6.07, 6.45) is -0.573. The van der Waals surface area contributed by atoms with Crippen LogP contribution in [0.3, 0.4) is 0 Å². The molecular formula is C30H32N2O8. The number of aliphatic hydroxyl groups excluding tert-OH is 3. The molecule has 40 heavy (non-hydrogen) atoms. The zero-order valence-corrected chi connectivity index (χ0v) is 22.3. The van der Waals surface area contributed by atoms with Crippen molar-refractivity contribution in [3.63, 3.8) is 0 Å². The Morgan fingerprint density at radius 2 is 1.68 bits per heavy atom. The van der Waals surface area contributed by atoms with Crippen molar-refractivity contribution in [3.05, 3.63) is 81.6 Å². The van der Waals surface area contributed by atoms with Gasteiger partial charge in [0.15, 0.2) is 11.4 Å². The smallest absolute Gasteiger partial charge is 0.255 e. The lowest BCUT2D eigenvalue weighted by atomic mass is 9.54. The third kappa shape index (κ3) is 3.71. The summed E-state index contributed by atoms with van der Waals surface area (Å²) < 4.78 is 0. The number of carbonyl (C=O) groups excluding carboxylic acids is 3. The quantitative estimate of drug-likeness (QED) is 0.300. The van der Waals surface area contributed by atoms with Crippen LogP contribution in [0.15, 0.2) is 59.4 Å². The number of aryl methyl sites for hydroxylation is 2. The van der Waals surface area contributed by atoms with Gasteiger partial charge in [0.2, 0.25) is 5.78 Å². The van der Waals surface area contributed by atoms with Gasteiger partial charge in [-0.3, -0.25) is 19.3 Å². The van der Waals surface area contributed by atoms with Gasteiger partial charge in [-0.1, -0.05) is 49.4 Å².